The molecule has 1 amide bonds. The third kappa shape index (κ3) is 9.31. The van der Waals surface area contributed by atoms with Crippen molar-refractivity contribution in [3.63, 3.8) is 0 Å². The molecule has 0 saturated carbocycles. The maximum absolute atomic E-state index is 13.5. The number of benzene rings is 2. The molecule has 0 spiro atoms. The molecule has 0 radical (unpaired) electrons. The Morgan fingerprint density at radius 1 is 1.11 bits per heavy atom. The molecule has 10 nitrogen and oxygen atoms in total. The number of carbonyl (C=O) groups excluding carboxylic acids is 1. The Morgan fingerprint density at radius 2 is 1.82 bits per heavy atom. The van der Waals surface area contributed by atoms with Crippen molar-refractivity contribution in [1.82, 2.24) is 14.8 Å². The molecular weight excluding hydrogens is 639 g/mol. The van der Waals surface area contributed by atoms with Crippen LogP contribution in [0, 0.1) is 6.92 Å². The van der Waals surface area contributed by atoms with E-state index < -0.39 is 5.60 Å². The summed E-state index contributed by atoms with van der Waals surface area (Å²) in [7, 11) is 1.66. The number of hydrogen-bond donors (Lipinski definition) is 3. The Balaban J connectivity index is 1.59. The summed E-state index contributed by atoms with van der Waals surface area (Å²) >= 11 is 18.8. The molecule has 1 aliphatic heterocycles. The fourth-order valence-electron chi connectivity index (χ4n) is 5.45. The van der Waals surface area contributed by atoms with Gasteiger partial charge in [-0.3, -0.25) is 4.79 Å². The molecule has 4 N–H and O–H groups in total. The topological polar surface area (TPSA) is 137 Å². The van der Waals surface area contributed by atoms with E-state index in [1.807, 2.05) is 36.4 Å². The first kappa shape index (κ1) is 34.5. The molecule has 4 rings (SSSR count). The highest BCUT2D eigenvalue weighted by Gasteiger charge is 2.34. The van der Waals surface area contributed by atoms with Crippen molar-refractivity contribution in [3.8, 4) is 0 Å². The van der Waals surface area contributed by atoms with Crippen LogP contribution in [0.5, 0.6) is 0 Å². The molecule has 1 aromatic heterocycles. The quantitative estimate of drug-likeness (QED) is 0.0737. The van der Waals surface area contributed by atoms with E-state index in [2.05, 4.69) is 20.2 Å². The summed E-state index contributed by atoms with van der Waals surface area (Å²) in [5.74, 6) is -0.787. The van der Waals surface area contributed by atoms with E-state index in [4.69, 9.17) is 50.6 Å². The van der Waals surface area contributed by atoms with E-state index in [-0.39, 0.29) is 36.0 Å². The fraction of sp³-hybridized carbons (Fsp3) is 0.375. The van der Waals surface area contributed by atoms with Crippen LogP contribution in [0.1, 0.15) is 52.4 Å². The minimum atomic E-state index is -0.868. The lowest BCUT2D eigenvalue weighted by Gasteiger charge is -2.39. The van der Waals surface area contributed by atoms with Crippen molar-refractivity contribution < 1.29 is 19.9 Å². The van der Waals surface area contributed by atoms with Crippen LogP contribution in [-0.2, 0) is 10.4 Å². The predicted octanol–water partition coefficient (Wildman–Crippen LogP) is 5.70. The Labute approximate surface area is 278 Å². The standard InChI is InChI=1S/C32H37Cl3N6O4/c1-21-16-23(18-29(35)37-21)31(42)40(2)19-28(39-45-20-30(36)38-44)25(22-8-9-26(33)27(34)17-22)10-13-41-14-11-32(43,12-15-41)24-6-4-3-5-7-24/h3-9,16-18,25,43-44H,10-15,19-20H2,1-2H3,(H2,36,38)/b39-28+. The third-order valence-corrected chi connectivity index (χ3v) is 8.85. The SMILES string of the molecule is Cc1cc(C(=O)N(C)C/C(=N\OC/C(N)=N/O)C(CCN2CCC(O)(c3ccccc3)CC2)c2ccc(Cl)c(Cl)c2)cc(Cl)n1. The minimum absolute atomic E-state index is 0.0899. The number of aromatic nitrogens is 1. The molecule has 13 heteroatoms. The van der Waals surface area contributed by atoms with Gasteiger partial charge in [-0.15, -0.1) is 0 Å². The average Bonchev–Trinajstić information content (AvgIpc) is 3.03. The summed E-state index contributed by atoms with van der Waals surface area (Å²) < 4.78 is 0. The summed E-state index contributed by atoms with van der Waals surface area (Å²) in [5, 5.41) is 28.7. The lowest BCUT2D eigenvalue weighted by atomic mass is 9.84. The number of aliphatic hydroxyl groups is 1. The molecule has 240 valence electrons. The maximum atomic E-state index is 13.5. The summed E-state index contributed by atoms with van der Waals surface area (Å²) in [5.41, 5.74) is 8.03. The fourth-order valence-corrected chi connectivity index (χ4v) is 6.01. The maximum Gasteiger partial charge on any atom is 0.254 e. The van der Waals surface area contributed by atoms with E-state index >= 15 is 0 Å². The van der Waals surface area contributed by atoms with Crippen LogP contribution in [0.2, 0.25) is 15.2 Å². The molecule has 2 heterocycles. The van der Waals surface area contributed by atoms with Gasteiger partial charge in [0.25, 0.3) is 5.91 Å². The highest BCUT2D eigenvalue weighted by Crippen LogP contribution is 2.34. The number of rotatable bonds is 12. The first-order valence-electron chi connectivity index (χ1n) is 14.5. The van der Waals surface area contributed by atoms with Gasteiger partial charge in [-0.1, -0.05) is 81.5 Å². The minimum Gasteiger partial charge on any atom is -0.409 e. The van der Waals surface area contributed by atoms with Crippen LogP contribution in [0.15, 0.2) is 71.0 Å². The Morgan fingerprint density at radius 3 is 2.47 bits per heavy atom. The van der Waals surface area contributed by atoms with Gasteiger partial charge in [0.2, 0.25) is 0 Å². The number of aryl methyl sites for hydroxylation is 1. The second-order valence-electron chi connectivity index (χ2n) is 11.2. The molecule has 1 fully saturated rings. The predicted molar refractivity (Wildman–Crippen MR) is 178 cm³/mol. The van der Waals surface area contributed by atoms with Crippen molar-refractivity contribution in [2.24, 2.45) is 16.0 Å². The van der Waals surface area contributed by atoms with Crippen LogP contribution in [0.4, 0.5) is 0 Å². The largest absolute Gasteiger partial charge is 0.409 e. The normalized spacial score (nSPS) is 16.3. The van der Waals surface area contributed by atoms with Crippen molar-refractivity contribution in [2.45, 2.75) is 37.7 Å². The molecule has 2 aromatic carbocycles. The zero-order valence-electron chi connectivity index (χ0n) is 25.2. The van der Waals surface area contributed by atoms with Crippen LogP contribution < -0.4 is 5.73 Å². The number of halogens is 3. The van der Waals surface area contributed by atoms with Gasteiger partial charge in [-0.2, -0.15) is 0 Å². The second kappa shape index (κ2) is 15.7. The van der Waals surface area contributed by atoms with Crippen LogP contribution in [0.3, 0.4) is 0 Å². The van der Waals surface area contributed by atoms with E-state index in [1.54, 1.807) is 32.2 Å². The van der Waals surface area contributed by atoms with Gasteiger partial charge in [0.1, 0.15) is 5.15 Å². The first-order chi connectivity index (χ1) is 21.5. The number of oxime groups is 2. The molecule has 3 aromatic rings. The number of nitrogens with two attached hydrogens (primary N) is 1. The van der Waals surface area contributed by atoms with Gasteiger partial charge < -0.3 is 30.7 Å². The number of likely N-dealkylation sites (tertiary alicyclic amines) is 1. The number of pyridine rings is 1. The number of nitrogens with zero attached hydrogens (tertiary/aromatic N) is 5. The molecule has 0 bridgehead atoms. The number of hydrogen-bond acceptors (Lipinski definition) is 8. The summed E-state index contributed by atoms with van der Waals surface area (Å²) in [6.07, 6.45) is 1.79. The third-order valence-electron chi connectivity index (χ3n) is 7.91. The van der Waals surface area contributed by atoms with E-state index in [0.717, 1.165) is 11.1 Å². The number of carbonyl (C=O) groups is 1. The van der Waals surface area contributed by atoms with Crippen molar-refractivity contribution in [2.75, 3.05) is 39.8 Å². The monoisotopic (exact) mass is 674 g/mol. The van der Waals surface area contributed by atoms with E-state index in [0.29, 0.717) is 65.9 Å². The summed E-state index contributed by atoms with van der Waals surface area (Å²) in [4.78, 5) is 26.9. The Hall–Kier alpha value is -3.41. The molecule has 1 aliphatic rings. The van der Waals surface area contributed by atoms with Crippen molar-refractivity contribution >= 4 is 52.3 Å². The van der Waals surface area contributed by atoms with Gasteiger partial charge in [0.05, 0.1) is 27.9 Å². The molecule has 1 atom stereocenters. The molecule has 0 aliphatic carbocycles. The highest BCUT2D eigenvalue weighted by atomic mass is 35.5. The number of amidine groups is 1. The van der Waals surface area contributed by atoms with Gasteiger partial charge >= 0.3 is 0 Å². The van der Waals surface area contributed by atoms with Crippen molar-refractivity contribution in [1.29, 1.82) is 0 Å². The van der Waals surface area contributed by atoms with Gasteiger partial charge in [0, 0.05) is 37.3 Å². The van der Waals surface area contributed by atoms with Gasteiger partial charge in [0.15, 0.2) is 12.4 Å². The second-order valence-corrected chi connectivity index (χ2v) is 12.4. The molecule has 1 unspecified atom stereocenters. The van der Waals surface area contributed by atoms with Gasteiger partial charge in [-0.05, 0) is 68.1 Å². The highest BCUT2D eigenvalue weighted by molar-refractivity contribution is 6.42. The number of amides is 1. The molecule has 45 heavy (non-hydrogen) atoms. The first-order valence-corrected chi connectivity index (χ1v) is 15.6. The van der Waals surface area contributed by atoms with E-state index in [1.165, 1.54) is 11.0 Å². The molecular formula is C32H37Cl3N6O4. The van der Waals surface area contributed by atoms with Crippen LogP contribution >= 0.6 is 34.8 Å². The van der Waals surface area contributed by atoms with Crippen LogP contribution in [-0.4, -0.2) is 82.4 Å². The summed E-state index contributed by atoms with van der Waals surface area (Å²) in [6, 6.07) is 18.3. The average molecular weight is 676 g/mol. The lowest BCUT2D eigenvalue weighted by Crippen LogP contribution is -2.43. The Kier molecular flexibility index (Phi) is 12.0. The zero-order valence-corrected chi connectivity index (χ0v) is 27.4. The van der Waals surface area contributed by atoms with Crippen LogP contribution in [0.25, 0.3) is 0 Å². The lowest BCUT2D eigenvalue weighted by molar-refractivity contribution is -0.0261. The zero-order chi connectivity index (χ0) is 32.6. The summed E-state index contributed by atoms with van der Waals surface area (Å²) in [6.45, 7) is 3.67. The number of piperidine rings is 1. The Bertz CT molecular complexity index is 1510. The van der Waals surface area contributed by atoms with Gasteiger partial charge in [-0.25, -0.2) is 4.98 Å². The van der Waals surface area contributed by atoms with E-state index in [9.17, 15) is 9.90 Å². The van der Waals surface area contributed by atoms with Crippen molar-refractivity contribution in [3.05, 3.63) is 98.2 Å². The smallest absolute Gasteiger partial charge is 0.254 e. The molecule has 1 saturated heterocycles.